The molecule has 1 aliphatic rings. The number of nitrogens with one attached hydrogen (secondary N) is 1. The number of benzene rings is 1. The molecule has 1 aromatic rings. The van der Waals surface area contributed by atoms with E-state index in [2.05, 4.69) is 5.32 Å². The Kier molecular flexibility index (Phi) is 3.84. The lowest BCUT2D eigenvalue weighted by Gasteiger charge is -2.23. The van der Waals surface area contributed by atoms with Gasteiger partial charge in [-0.3, -0.25) is 0 Å². The molecule has 1 unspecified atom stereocenters. The number of methoxy groups -OCH3 is 1. The zero-order valence-electron chi connectivity index (χ0n) is 10.0. The molecule has 1 aliphatic heterocycles. The average molecular weight is 239 g/mol. The van der Waals surface area contributed by atoms with Crippen LogP contribution in [0, 0.1) is 11.7 Å². The van der Waals surface area contributed by atoms with E-state index in [0.29, 0.717) is 23.7 Å². The van der Waals surface area contributed by atoms with Gasteiger partial charge in [0.1, 0.15) is 5.82 Å². The first-order valence-electron chi connectivity index (χ1n) is 5.97. The summed E-state index contributed by atoms with van der Waals surface area (Å²) in [6, 6.07) is 2.73. The van der Waals surface area contributed by atoms with Crippen LogP contribution >= 0.6 is 0 Å². The topological polar surface area (TPSA) is 41.5 Å². The van der Waals surface area contributed by atoms with E-state index in [1.54, 1.807) is 6.07 Å². The van der Waals surface area contributed by atoms with Crippen molar-refractivity contribution in [2.75, 3.05) is 20.2 Å². The van der Waals surface area contributed by atoms with Crippen molar-refractivity contribution in [1.29, 1.82) is 0 Å². The number of phenolic OH excluding ortho intramolecular Hbond substituents is 1. The molecule has 0 aliphatic carbocycles. The lowest BCUT2D eigenvalue weighted by atomic mass is 9.92. The van der Waals surface area contributed by atoms with Gasteiger partial charge in [-0.2, -0.15) is 0 Å². The van der Waals surface area contributed by atoms with Crippen molar-refractivity contribution in [1.82, 2.24) is 5.32 Å². The summed E-state index contributed by atoms with van der Waals surface area (Å²) in [5.41, 5.74) is 0.619. The van der Waals surface area contributed by atoms with Crippen LogP contribution in [0.15, 0.2) is 12.1 Å². The summed E-state index contributed by atoms with van der Waals surface area (Å²) < 4.78 is 18.7. The third kappa shape index (κ3) is 2.88. The third-order valence-electron chi connectivity index (χ3n) is 3.26. The quantitative estimate of drug-likeness (QED) is 0.848. The van der Waals surface area contributed by atoms with E-state index in [1.807, 2.05) is 0 Å². The van der Waals surface area contributed by atoms with E-state index in [9.17, 15) is 9.50 Å². The molecule has 1 fully saturated rings. The van der Waals surface area contributed by atoms with Crippen LogP contribution in [0.2, 0.25) is 0 Å². The van der Waals surface area contributed by atoms with Crippen LogP contribution in [-0.4, -0.2) is 25.3 Å². The molecule has 3 nitrogen and oxygen atoms in total. The number of aromatic hydroxyl groups is 1. The number of rotatable bonds is 3. The first kappa shape index (κ1) is 12.2. The molecule has 0 amide bonds. The van der Waals surface area contributed by atoms with Crippen molar-refractivity contribution in [3.63, 3.8) is 0 Å². The molecule has 17 heavy (non-hydrogen) atoms. The van der Waals surface area contributed by atoms with Gasteiger partial charge in [-0.25, -0.2) is 4.39 Å². The van der Waals surface area contributed by atoms with Gasteiger partial charge in [-0.1, -0.05) is 0 Å². The summed E-state index contributed by atoms with van der Waals surface area (Å²) in [5.74, 6) is 0.307. The van der Waals surface area contributed by atoms with Crippen LogP contribution in [0.25, 0.3) is 0 Å². The molecule has 0 aromatic heterocycles. The van der Waals surface area contributed by atoms with Crippen LogP contribution < -0.4 is 10.1 Å². The van der Waals surface area contributed by atoms with E-state index >= 15 is 0 Å². The Bertz CT molecular complexity index is 389. The van der Waals surface area contributed by atoms with E-state index in [0.717, 1.165) is 32.0 Å². The maximum atomic E-state index is 13.7. The second-order valence-corrected chi connectivity index (χ2v) is 4.53. The Hall–Kier alpha value is -1.29. The first-order valence-corrected chi connectivity index (χ1v) is 5.97. The smallest absolute Gasteiger partial charge is 0.160 e. The van der Waals surface area contributed by atoms with Gasteiger partial charge in [-0.15, -0.1) is 0 Å². The normalized spacial score (nSPS) is 20.2. The Morgan fingerprint density at radius 3 is 3.00 bits per heavy atom. The minimum absolute atomic E-state index is 0.143. The molecular weight excluding hydrogens is 221 g/mol. The van der Waals surface area contributed by atoms with Crippen molar-refractivity contribution in [2.45, 2.75) is 19.3 Å². The van der Waals surface area contributed by atoms with Crippen molar-refractivity contribution >= 4 is 0 Å². The van der Waals surface area contributed by atoms with E-state index in [-0.39, 0.29) is 11.6 Å². The predicted octanol–water partition coefficient (Wildman–Crippen LogP) is 2.08. The van der Waals surface area contributed by atoms with Crippen LogP contribution in [0.4, 0.5) is 4.39 Å². The summed E-state index contributed by atoms with van der Waals surface area (Å²) in [5, 5.41) is 12.8. The maximum Gasteiger partial charge on any atom is 0.160 e. The molecule has 1 saturated heterocycles. The fourth-order valence-corrected chi connectivity index (χ4v) is 2.31. The van der Waals surface area contributed by atoms with Gasteiger partial charge in [0, 0.05) is 6.07 Å². The van der Waals surface area contributed by atoms with Crippen LogP contribution in [0.1, 0.15) is 18.4 Å². The summed E-state index contributed by atoms with van der Waals surface area (Å²) in [4.78, 5) is 0. The molecule has 2 rings (SSSR count). The number of hydrogen-bond donors (Lipinski definition) is 2. The standard InChI is InChI=1S/C13H18FNO2/c1-17-13-6-10(11(14)7-12(13)16)5-9-3-2-4-15-8-9/h6-7,9,15-16H,2-5,8H2,1H3. The molecule has 1 aromatic carbocycles. The van der Waals surface area contributed by atoms with Crippen molar-refractivity contribution < 1.29 is 14.2 Å². The second kappa shape index (κ2) is 5.36. The molecule has 0 radical (unpaired) electrons. The lowest BCUT2D eigenvalue weighted by molar-refractivity contribution is 0.359. The number of hydrogen-bond acceptors (Lipinski definition) is 3. The largest absolute Gasteiger partial charge is 0.504 e. The zero-order chi connectivity index (χ0) is 12.3. The lowest BCUT2D eigenvalue weighted by Crippen LogP contribution is -2.31. The Balaban J connectivity index is 2.13. The minimum atomic E-state index is -0.353. The minimum Gasteiger partial charge on any atom is -0.504 e. The fraction of sp³-hybridized carbons (Fsp3) is 0.538. The average Bonchev–Trinajstić information content (AvgIpc) is 2.34. The highest BCUT2D eigenvalue weighted by atomic mass is 19.1. The molecule has 0 bridgehead atoms. The molecule has 0 saturated carbocycles. The third-order valence-corrected chi connectivity index (χ3v) is 3.26. The van der Waals surface area contributed by atoms with Crippen LogP contribution in [0.3, 0.4) is 0 Å². The van der Waals surface area contributed by atoms with Gasteiger partial charge in [0.25, 0.3) is 0 Å². The number of ether oxygens (including phenoxy) is 1. The SMILES string of the molecule is COc1cc(CC2CCCNC2)c(F)cc1O. The van der Waals surface area contributed by atoms with Crippen LogP contribution in [-0.2, 0) is 6.42 Å². The van der Waals surface area contributed by atoms with Gasteiger partial charge in [0.2, 0.25) is 0 Å². The highest BCUT2D eigenvalue weighted by Crippen LogP contribution is 2.30. The van der Waals surface area contributed by atoms with Gasteiger partial charge in [0.05, 0.1) is 7.11 Å². The van der Waals surface area contributed by atoms with Gasteiger partial charge in [0.15, 0.2) is 11.5 Å². The monoisotopic (exact) mass is 239 g/mol. The second-order valence-electron chi connectivity index (χ2n) is 4.53. The number of piperidine rings is 1. The number of halogens is 1. The van der Waals surface area contributed by atoms with Crippen molar-refractivity contribution in [2.24, 2.45) is 5.92 Å². The Morgan fingerprint density at radius 1 is 1.53 bits per heavy atom. The van der Waals surface area contributed by atoms with Gasteiger partial charge < -0.3 is 15.2 Å². The molecule has 0 spiro atoms. The molecule has 1 heterocycles. The maximum absolute atomic E-state index is 13.7. The molecular formula is C13H18FNO2. The molecule has 94 valence electrons. The zero-order valence-corrected chi connectivity index (χ0v) is 10.0. The summed E-state index contributed by atoms with van der Waals surface area (Å²) in [7, 11) is 1.47. The highest BCUT2D eigenvalue weighted by molar-refractivity contribution is 5.42. The molecule has 2 N–H and O–H groups in total. The number of phenols is 1. The van der Waals surface area contributed by atoms with E-state index in [4.69, 9.17) is 4.74 Å². The predicted molar refractivity (Wildman–Crippen MR) is 63.9 cm³/mol. The highest BCUT2D eigenvalue weighted by Gasteiger charge is 2.17. The van der Waals surface area contributed by atoms with Crippen molar-refractivity contribution in [3.8, 4) is 11.5 Å². The first-order chi connectivity index (χ1) is 8.20. The fourth-order valence-electron chi connectivity index (χ4n) is 2.31. The Labute approximate surface area is 101 Å². The van der Waals surface area contributed by atoms with Gasteiger partial charge >= 0.3 is 0 Å². The van der Waals surface area contributed by atoms with Gasteiger partial charge in [-0.05, 0) is 49.9 Å². The Morgan fingerprint density at radius 2 is 2.35 bits per heavy atom. The summed E-state index contributed by atoms with van der Waals surface area (Å²) in [6.07, 6.45) is 2.95. The summed E-state index contributed by atoms with van der Waals surface area (Å²) in [6.45, 7) is 1.99. The molecule has 4 heteroatoms. The van der Waals surface area contributed by atoms with E-state index < -0.39 is 0 Å². The van der Waals surface area contributed by atoms with Crippen molar-refractivity contribution in [3.05, 3.63) is 23.5 Å². The van der Waals surface area contributed by atoms with Crippen LogP contribution in [0.5, 0.6) is 11.5 Å². The summed E-state index contributed by atoms with van der Waals surface area (Å²) >= 11 is 0. The molecule has 1 atom stereocenters. The van der Waals surface area contributed by atoms with E-state index in [1.165, 1.54) is 7.11 Å².